The fraction of sp³-hybridized carbons (Fsp3) is 0.200. The van der Waals surface area contributed by atoms with Crippen LogP contribution in [-0.2, 0) is 6.54 Å². The number of benzene rings is 2. The molecular weight excluding hydrogens is 434 g/mol. The number of carbonyl (C=O) groups is 2. The van der Waals surface area contributed by atoms with Crippen LogP contribution in [0.2, 0.25) is 0 Å². The highest BCUT2D eigenvalue weighted by molar-refractivity contribution is 7.13. The van der Waals surface area contributed by atoms with E-state index in [4.69, 9.17) is 0 Å². The molecule has 1 fully saturated rings. The molecule has 33 heavy (non-hydrogen) atoms. The van der Waals surface area contributed by atoms with E-state index in [9.17, 15) is 9.59 Å². The smallest absolute Gasteiger partial charge is 0.271 e. The van der Waals surface area contributed by atoms with Gasteiger partial charge in [0.1, 0.15) is 10.7 Å². The lowest BCUT2D eigenvalue weighted by Crippen LogP contribution is -2.28. The topological polar surface area (TPSA) is 80.1 Å². The third-order valence-electron chi connectivity index (χ3n) is 5.61. The van der Waals surface area contributed by atoms with E-state index >= 15 is 0 Å². The van der Waals surface area contributed by atoms with E-state index in [2.05, 4.69) is 15.4 Å². The second-order valence-corrected chi connectivity index (χ2v) is 8.79. The number of likely N-dealkylation sites (tertiary alicyclic amines) is 1. The standard InChI is InChI=1S/C25H23N5O2S/c31-23(26-14-18-7-6-8-19(13-18)25(32)29-11-4-5-12-29)22-17-33-24(28-22)20-15-27-30(16-20)21-9-2-1-3-10-21/h1-3,6-10,13,15-17H,4-5,11-12,14H2,(H,26,31). The molecule has 1 aliphatic heterocycles. The van der Waals surface area contributed by atoms with Crippen LogP contribution in [0.25, 0.3) is 16.3 Å². The van der Waals surface area contributed by atoms with Crippen molar-refractivity contribution in [3.63, 3.8) is 0 Å². The SMILES string of the molecule is O=C(NCc1cccc(C(=O)N2CCCC2)c1)c1csc(-c2cnn(-c3ccccc3)c2)n1. The summed E-state index contributed by atoms with van der Waals surface area (Å²) in [5.41, 5.74) is 3.73. The maximum absolute atomic E-state index is 12.7. The van der Waals surface area contributed by atoms with Crippen molar-refractivity contribution < 1.29 is 9.59 Å². The maximum atomic E-state index is 12.7. The Kier molecular flexibility index (Phi) is 5.99. The molecule has 4 aromatic rings. The number of nitrogens with one attached hydrogen (secondary N) is 1. The third-order valence-corrected chi connectivity index (χ3v) is 6.50. The number of nitrogens with zero attached hydrogens (tertiary/aromatic N) is 4. The summed E-state index contributed by atoms with van der Waals surface area (Å²) < 4.78 is 1.78. The van der Waals surface area contributed by atoms with Gasteiger partial charge in [-0.05, 0) is 42.7 Å². The number of thiazole rings is 1. The fourth-order valence-corrected chi connectivity index (χ4v) is 4.63. The second-order valence-electron chi connectivity index (χ2n) is 7.93. The van der Waals surface area contributed by atoms with Gasteiger partial charge < -0.3 is 10.2 Å². The highest BCUT2D eigenvalue weighted by Crippen LogP contribution is 2.24. The highest BCUT2D eigenvalue weighted by Gasteiger charge is 2.19. The molecule has 1 N–H and O–H groups in total. The summed E-state index contributed by atoms with van der Waals surface area (Å²) in [6, 6.07) is 17.3. The van der Waals surface area contributed by atoms with Gasteiger partial charge >= 0.3 is 0 Å². The molecule has 2 aromatic heterocycles. The Bertz CT molecular complexity index is 1270. The normalized spacial score (nSPS) is 13.3. The summed E-state index contributed by atoms with van der Waals surface area (Å²) in [7, 11) is 0. The molecule has 0 bridgehead atoms. The van der Waals surface area contributed by atoms with Crippen molar-refractivity contribution in [3.05, 3.63) is 89.2 Å². The van der Waals surface area contributed by atoms with Gasteiger partial charge in [-0.25, -0.2) is 9.67 Å². The Morgan fingerprint density at radius 1 is 1.03 bits per heavy atom. The van der Waals surface area contributed by atoms with Crippen molar-refractivity contribution in [2.24, 2.45) is 0 Å². The number of rotatable bonds is 6. The summed E-state index contributed by atoms with van der Waals surface area (Å²) in [5.74, 6) is -0.190. The van der Waals surface area contributed by atoms with Gasteiger partial charge in [-0.15, -0.1) is 11.3 Å². The lowest BCUT2D eigenvalue weighted by atomic mass is 10.1. The van der Waals surface area contributed by atoms with Crippen molar-refractivity contribution in [3.8, 4) is 16.3 Å². The largest absolute Gasteiger partial charge is 0.347 e. The quantitative estimate of drug-likeness (QED) is 0.471. The van der Waals surface area contributed by atoms with Crippen LogP contribution in [0.3, 0.4) is 0 Å². The minimum atomic E-state index is -0.246. The van der Waals surface area contributed by atoms with E-state index in [1.165, 1.54) is 11.3 Å². The molecule has 5 rings (SSSR count). The molecule has 0 saturated carbocycles. The van der Waals surface area contributed by atoms with Crippen LogP contribution >= 0.6 is 11.3 Å². The lowest BCUT2D eigenvalue weighted by Gasteiger charge is -2.15. The fourth-order valence-electron chi connectivity index (χ4n) is 3.86. The van der Waals surface area contributed by atoms with Gasteiger partial charge in [0.25, 0.3) is 11.8 Å². The average molecular weight is 458 g/mol. The van der Waals surface area contributed by atoms with Crippen LogP contribution in [-0.4, -0.2) is 44.6 Å². The first kappa shape index (κ1) is 21.1. The second kappa shape index (κ2) is 9.38. The minimum absolute atomic E-state index is 0.0564. The van der Waals surface area contributed by atoms with E-state index < -0.39 is 0 Å². The zero-order valence-electron chi connectivity index (χ0n) is 18.0. The molecule has 0 spiro atoms. The first-order valence-corrected chi connectivity index (χ1v) is 11.8. The van der Waals surface area contributed by atoms with E-state index in [1.54, 1.807) is 16.3 Å². The lowest BCUT2D eigenvalue weighted by molar-refractivity contribution is 0.0792. The molecular formula is C25H23N5O2S. The average Bonchev–Trinajstić information content (AvgIpc) is 3.64. The summed E-state index contributed by atoms with van der Waals surface area (Å²) in [4.78, 5) is 31.6. The molecule has 0 atom stereocenters. The van der Waals surface area contributed by atoms with Crippen LogP contribution in [0.5, 0.6) is 0 Å². The Balaban J connectivity index is 1.22. The van der Waals surface area contributed by atoms with Crippen molar-refractivity contribution in [1.82, 2.24) is 25.0 Å². The number of hydrogen-bond donors (Lipinski definition) is 1. The Labute approximate surface area is 195 Å². The summed E-state index contributed by atoms with van der Waals surface area (Å²) in [5, 5.41) is 9.79. The number of aromatic nitrogens is 3. The van der Waals surface area contributed by atoms with E-state index in [1.807, 2.05) is 65.7 Å². The van der Waals surface area contributed by atoms with Gasteiger partial charge in [0, 0.05) is 42.3 Å². The van der Waals surface area contributed by atoms with Gasteiger partial charge in [0.15, 0.2) is 0 Å². The molecule has 0 unspecified atom stereocenters. The molecule has 3 heterocycles. The molecule has 166 valence electrons. The van der Waals surface area contributed by atoms with Crippen LogP contribution in [0.1, 0.15) is 39.3 Å². The minimum Gasteiger partial charge on any atom is -0.347 e. The molecule has 2 aromatic carbocycles. The van der Waals surface area contributed by atoms with Crippen LogP contribution in [0.15, 0.2) is 72.4 Å². The first-order valence-electron chi connectivity index (χ1n) is 10.9. The van der Waals surface area contributed by atoms with Crippen molar-refractivity contribution >= 4 is 23.2 Å². The summed E-state index contributed by atoms with van der Waals surface area (Å²) in [6.45, 7) is 1.96. The first-order chi connectivity index (χ1) is 16.2. The molecule has 0 aliphatic carbocycles. The van der Waals surface area contributed by atoms with E-state index in [0.717, 1.165) is 47.8 Å². The van der Waals surface area contributed by atoms with Gasteiger partial charge in [-0.2, -0.15) is 5.10 Å². The number of hydrogen-bond acceptors (Lipinski definition) is 5. The van der Waals surface area contributed by atoms with E-state index in [0.29, 0.717) is 17.8 Å². The number of carbonyl (C=O) groups excluding carboxylic acids is 2. The van der Waals surface area contributed by atoms with Crippen LogP contribution < -0.4 is 5.32 Å². The van der Waals surface area contributed by atoms with Crippen molar-refractivity contribution in [2.75, 3.05) is 13.1 Å². The van der Waals surface area contributed by atoms with Crippen molar-refractivity contribution in [2.45, 2.75) is 19.4 Å². The number of para-hydroxylation sites is 1. The Hall–Kier alpha value is -3.78. The Morgan fingerprint density at radius 3 is 2.67 bits per heavy atom. The van der Waals surface area contributed by atoms with Crippen LogP contribution in [0.4, 0.5) is 0 Å². The summed E-state index contributed by atoms with van der Waals surface area (Å²) >= 11 is 1.41. The molecule has 8 heteroatoms. The maximum Gasteiger partial charge on any atom is 0.271 e. The third kappa shape index (κ3) is 4.70. The zero-order valence-corrected chi connectivity index (χ0v) is 18.8. The monoisotopic (exact) mass is 457 g/mol. The Morgan fingerprint density at radius 2 is 1.85 bits per heavy atom. The van der Waals surface area contributed by atoms with Gasteiger partial charge in [-0.3, -0.25) is 9.59 Å². The molecule has 1 aliphatic rings. The van der Waals surface area contributed by atoms with Gasteiger partial charge in [0.05, 0.1) is 11.9 Å². The van der Waals surface area contributed by atoms with Gasteiger partial charge in [-0.1, -0.05) is 30.3 Å². The molecule has 0 radical (unpaired) electrons. The predicted molar refractivity (Wildman–Crippen MR) is 127 cm³/mol. The highest BCUT2D eigenvalue weighted by atomic mass is 32.1. The van der Waals surface area contributed by atoms with E-state index in [-0.39, 0.29) is 11.8 Å². The summed E-state index contributed by atoms with van der Waals surface area (Å²) in [6.07, 6.45) is 5.77. The molecule has 1 saturated heterocycles. The molecule has 2 amide bonds. The van der Waals surface area contributed by atoms with Crippen molar-refractivity contribution in [1.29, 1.82) is 0 Å². The molecule has 7 nitrogen and oxygen atoms in total. The predicted octanol–water partition coefficient (Wildman–Crippen LogP) is 4.16. The van der Waals surface area contributed by atoms with Gasteiger partial charge in [0.2, 0.25) is 0 Å². The zero-order chi connectivity index (χ0) is 22.6. The van der Waals surface area contributed by atoms with Crippen LogP contribution in [0, 0.1) is 0 Å². The number of amides is 2.